The van der Waals surface area contributed by atoms with Crippen molar-refractivity contribution in [1.82, 2.24) is 10.2 Å². The number of nitrogens with one attached hydrogen (secondary N) is 1. The number of amides is 2. The Morgan fingerprint density at radius 1 is 1.09 bits per heavy atom. The summed E-state index contributed by atoms with van der Waals surface area (Å²) >= 11 is 12.2. The van der Waals surface area contributed by atoms with E-state index >= 15 is 0 Å². The number of halogens is 2. The van der Waals surface area contributed by atoms with Gasteiger partial charge in [0.15, 0.2) is 5.78 Å². The van der Waals surface area contributed by atoms with Crippen molar-refractivity contribution in [3.63, 3.8) is 0 Å². The number of carbonyl (C=O) groups is 3. The van der Waals surface area contributed by atoms with Gasteiger partial charge in [0.1, 0.15) is 12.6 Å². The van der Waals surface area contributed by atoms with Gasteiger partial charge in [0.05, 0.1) is 11.9 Å². The minimum absolute atomic E-state index is 0.0434. The highest BCUT2D eigenvalue weighted by Crippen LogP contribution is 2.24. The van der Waals surface area contributed by atoms with Crippen LogP contribution in [-0.4, -0.2) is 56.3 Å². The maximum Gasteiger partial charge on any atom is 0.244 e. The number of carbonyl (C=O) groups excluding carboxylic acids is 3. The van der Waals surface area contributed by atoms with Gasteiger partial charge in [0.25, 0.3) is 0 Å². The molecule has 2 aromatic rings. The Kier molecular flexibility index (Phi) is 9.49. The predicted molar refractivity (Wildman–Crippen MR) is 134 cm³/mol. The van der Waals surface area contributed by atoms with Crippen LogP contribution in [0.3, 0.4) is 0 Å². The second-order valence-electron chi connectivity index (χ2n) is 7.70. The molecule has 184 valence electrons. The fraction of sp³-hybridized carbons (Fsp3) is 0.348. The summed E-state index contributed by atoms with van der Waals surface area (Å²) in [7, 11) is -3.90. The molecule has 1 N–H and O–H groups in total. The number of sulfonamides is 1. The number of nitrogens with zero attached hydrogens (tertiary/aromatic N) is 2. The van der Waals surface area contributed by atoms with Gasteiger partial charge in [0.2, 0.25) is 21.8 Å². The van der Waals surface area contributed by atoms with Gasteiger partial charge in [0, 0.05) is 28.7 Å². The van der Waals surface area contributed by atoms with E-state index in [4.69, 9.17) is 23.2 Å². The molecular formula is C23H27Cl2N3O5S. The van der Waals surface area contributed by atoms with Crippen LogP contribution in [0.15, 0.2) is 42.5 Å². The lowest BCUT2D eigenvalue weighted by Crippen LogP contribution is -2.51. The smallest absolute Gasteiger partial charge is 0.244 e. The molecule has 11 heteroatoms. The summed E-state index contributed by atoms with van der Waals surface area (Å²) < 4.78 is 26.1. The third-order valence-corrected chi connectivity index (χ3v) is 6.82. The lowest BCUT2D eigenvalue weighted by Gasteiger charge is -2.31. The molecule has 0 radical (unpaired) electrons. The molecule has 0 unspecified atom stereocenters. The van der Waals surface area contributed by atoms with E-state index in [0.29, 0.717) is 27.7 Å². The van der Waals surface area contributed by atoms with Crippen LogP contribution in [0.2, 0.25) is 10.0 Å². The van der Waals surface area contributed by atoms with Crippen molar-refractivity contribution in [1.29, 1.82) is 0 Å². The molecule has 2 amide bonds. The fourth-order valence-electron chi connectivity index (χ4n) is 3.23. The molecule has 34 heavy (non-hydrogen) atoms. The summed E-state index contributed by atoms with van der Waals surface area (Å²) in [4.78, 5) is 39.0. The van der Waals surface area contributed by atoms with Crippen LogP contribution in [0, 0.1) is 0 Å². The number of benzene rings is 2. The molecule has 0 aliphatic rings. The Bertz CT molecular complexity index is 1190. The van der Waals surface area contributed by atoms with E-state index in [9.17, 15) is 22.8 Å². The summed E-state index contributed by atoms with van der Waals surface area (Å²) in [6.45, 7) is 4.41. The molecule has 0 saturated carbocycles. The first-order valence-electron chi connectivity index (χ1n) is 10.4. The average molecular weight is 528 g/mol. The zero-order valence-corrected chi connectivity index (χ0v) is 21.7. The lowest BCUT2D eigenvalue weighted by atomic mass is 10.1. The number of anilines is 1. The van der Waals surface area contributed by atoms with Gasteiger partial charge in [-0.25, -0.2) is 8.42 Å². The molecular weight excluding hydrogens is 501 g/mol. The summed E-state index contributed by atoms with van der Waals surface area (Å²) in [6, 6.07) is 9.85. The summed E-state index contributed by atoms with van der Waals surface area (Å²) in [5, 5.41) is 3.39. The van der Waals surface area contributed by atoms with E-state index in [0.717, 1.165) is 10.6 Å². The Morgan fingerprint density at radius 2 is 1.76 bits per heavy atom. The number of ketones is 1. The van der Waals surface area contributed by atoms with Gasteiger partial charge >= 0.3 is 0 Å². The third-order valence-electron chi connectivity index (χ3n) is 5.09. The molecule has 0 heterocycles. The van der Waals surface area contributed by atoms with Gasteiger partial charge in [-0.05, 0) is 50.6 Å². The molecule has 1 atom stereocenters. The number of hydrogen-bond acceptors (Lipinski definition) is 5. The van der Waals surface area contributed by atoms with Gasteiger partial charge in [-0.15, -0.1) is 0 Å². The van der Waals surface area contributed by atoms with E-state index in [1.807, 2.05) is 0 Å². The zero-order chi connectivity index (χ0) is 25.6. The normalized spacial score (nSPS) is 12.1. The molecule has 0 fully saturated rings. The maximum absolute atomic E-state index is 13.4. The standard InChI is InChI=1S/C23H27Cl2N3O5S/c1-5-26-23(31)15(2)27(13-18-9-10-19(24)12-21(18)25)22(30)14-28(34(4,32)33)20-8-6-7-17(11-20)16(3)29/h6-12,15H,5,13-14H2,1-4H3,(H,26,31)/t15-/m1/s1. The maximum atomic E-state index is 13.4. The highest BCUT2D eigenvalue weighted by molar-refractivity contribution is 7.92. The van der Waals surface area contributed by atoms with Crippen molar-refractivity contribution in [3.8, 4) is 0 Å². The largest absolute Gasteiger partial charge is 0.355 e. The highest BCUT2D eigenvalue weighted by atomic mass is 35.5. The van der Waals surface area contributed by atoms with Crippen LogP contribution in [-0.2, 0) is 26.2 Å². The number of hydrogen-bond donors (Lipinski definition) is 1. The van der Waals surface area contributed by atoms with Crippen LogP contribution in [0.1, 0.15) is 36.7 Å². The minimum atomic E-state index is -3.90. The minimum Gasteiger partial charge on any atom is -0.355 e. The van der Waals surface area contributed by atoms with E-state index < -0.39 is 34.4 Å². The number of likely N-dealkylation sites (N-methyl/N-ethyl adjacent to an activating group) is 1. The second-order valence-corrected chi connectivity index (χ2v) is 10.5. The molecule has 0 aliphatic heterocycles. The van der Waals surface area contributed by atoms with Crippen molar-refractivity contribution < 1.29 is 22.8 Å². The average Bonchev–Trinajstić information content (AvgIpc) is 2.75. The van der Waals surface area contributed by atoms with E-state index in [-0.39, 0.29) is 18.0 Å². The first-order valence-corrected chi connectivity index (χ1v) is 13.0. The molecule has 2 rings (SSSR count). The van der Waals surface area contributed by atoms with Gasteiger partial charge in [-0.2, -0.15) is 0 Å². The van der Waals surface area contributed by atoms with E-state index in [1.54, 1.807) is 32.0 Å². The van der Waals surface area contributed by atoms with Crippen LogP contribution >= 0.6 is 23.2 Å². The Labute approximate surface area is 209 Å². The molecule has 0 saturated heterocycles. The quantitative estimate of drug-likeness (QED) is 0.476. The summed E-state index contributed by atoms with van der Waals surface area (Å²) in [5.41, 5.74) is 1.01. The SMILES string of the molecule is CCNC(=O)[C@@H](C)N(Cc1ccc(Cl)cc1Cl)C(=O)CN(c1cccc(C(C)=O)c1)S(C)(=O)=O. The summed E-state index contributed by atoms with van der Waals surface area (Å²) in [6.07, 6.45) is 0.967. The Hall–Kier alpha value is -2.62. The van der Waals surface area contributed by atoms with Crippen LogP contribution in [0.4, 0.5) is 5.69 Å². The second kappa shape index (κ2) is 11.7. The van der Waals surface area contributed by atoms with E-state index in [2.05, 4.69) is 5.32 Å². The Balaban J connectivity index is 2.45. The van der Waals surface area contributed by atoms with Crippen LogP contribution in [0.25, 0.3) is 0 Å². The summed E-state index contributed by atoms with van der Waals surface area (Å²) in [5.74, 6) is -1.26. The third kappa shape index (κ3) is 7.19. The van der Waals surface area contributed by atoms with Crippen molar-refractivity contribution in [2.75, 3.05) is 23.7 Å². The highest BCUT2D eigenvalue weighted by Gasteiger charge is 2.30. The van der Waals surface area contributed by atoms with Crippen molar-refractivity contribution in [2.24, 2.45) is 0 Å². The zero-order valence-electron chi connectivity index (χ0n) is 19.3. The fourth-order valence-corrected chi connectivity index (χ4v) is 4.54. The molecule has 0 spiro atoms. The van der Waals surface area contributed by atoms with Crippen LogP contribution in [0.5, 0.6) is 0 Å². The van der Waals surface area contributed by atoms with Gasteiger partial charge < -0.3 is 10.2 Å². The van der Waals surface area contributed by atoms with Crippen molar-refractivity contribution in [3.05, 3.63) is 63.6 Å². The first kappa shape index (κ1) is 27.6. The van der Waals surface area contributed by atoms with Crippen molar-refractivity contribution in [2.45, 2.75) is 33.4 Å². The molecule has 0 aliphatic carbocycles. The molecule has 0 aromatic heterocycles. The number of Topliss-reactive ketones (excluding diaryl/α,β-unsaturated/α-hetero) is 1. The van der Waals surface area contributed by atoms with Gasteiger partial charge in [-0.1, -0.05) is 41.4 Å². The topological polar surface area (TPSA) is 104 Å². The van der Waals surface area contributed by atoms with Crippen molar-refractivity contribution >= 4 is 56.5 Å². The Morgan fingerprint density at radius 3 is 2.32 bits per heavy atom. The van der Waals surface area contributed by atoms with Gasteiger partial charge in [-0.3, -0.25) is 18.7 Å². The first-order chi connectivity index (χ1) is 15.8. The molecule has 0 bridgehead atoms. The van der Waals surface area contributed by atoms with Crippen LogP contribution < -0.4 is 9.62 Å². The van der Waals surface area contributed by atoms with E-state index in [1.165, 1.54) is 36.1 Å². The lowest BCUT2D eigenvalue weighted by molar-refractivity contribution is -0.139. The monoisotopic (exact) mass is 527 g/mol. The number of rotatable bonds is 10. The molecule has 8 nitrogen and oxygen atoms in total. The molecule has 2 aromatic carbocycles. The predicted octanol–water partition coefficient (Wildman–Crippen LogP) is 3.52.